The molecule has 4 heteroatoms. The molecule has 1 unspecified atom stereocenters. The van der Waals surface area contributed by atoms with Crippen molar-refractivity contribution in [1.29, 1.82) is 0 Å². The second-order valence-corrected chi connectivity index (χ2v) is 10.6. The Morgan fingerprint density at radius 2 is 1.51 bits per heavy atom. The summed E-state index contributed by atoms with van der Waals surface area (Å²) in [4.78, 5) is 0. The van der Waals surface area contributed by atoms with Crippen LogP contribution in [0.4, 0.5) is 0 Å². The number of ether oxygens (including phenoxy) is 1. The summed E-state index contributed by atoms with van der Waals surface area (Å²) in [5.41, 5.74) is 8.95. The maximum absolute atomic E-state index is 6.86. The van der Waals surface area contributed by atoms with Crippen molar-refractivity contribution in [1.82, 2.24) is 4.57 Å². The van der Waals surface area contributed by atoms with E-state index < -0.39 is 5.54 Å². The third-order valence-corrected chi connectivity index (χ3v) is 8.82. The van der Waals surface area contributed by atoms with Crippen LogP contribution in [-0.4, -0.2) is 4.57 Å². The van der Waals surface area contributed by atoms with Gasteiger partial charge >= 0.3 is 11.4 Å². The molecule has 1 spiro atoms. The highest BCUT2D eigenvalue weighted by molar-refractivity contribution is 5.97. The number of para-hydroxylation sites is 2. The van der Waals surface area contributed by atoms with E-state index in [0.29, 0.717) is 0 Å². The van der Waals surface area contributed by atoms with Crippen LogP contribution in [0.5, 0.6) is 11.5 Å². The Bertz CT molecular complexity index is 2160. The second kappa shape index (κ2) is 6.61. The van der Waals surface area contributed by atoms with E-state index in [0.717, 1.165) is 39.3 Å². The van der Waals surface area contributed by atoms with Gasteiger partial charge in [-0.2, -0.15) is 13.7 Å². The van der Waals surface area contributed by atoms with Crippen molar-refractivity contribution in [2.45, 2.75) is 5.54 Å². The highest BCUT2D eigenvalue weighted by Gasteiger charge is 2.69. The maximum atomic E-state index is 6.86. The lowest BCUT2D eigenvalue weighted by molar-refractivity contribution is -0.733. The quantitative estimate of drug-likeness (QED) is 0.234. The minimum Gasteiger partial charge on any atom is -0.448 e. The van der Waals surface area contributed by atoms with Crippen LogP contribution in [-0.2, 0) is 5.54 Å². The summed E-state index contributed by atoms with van der Waals surface area (Å²) in [6, 6.07) is 43.6. The third-order valence-electron chi connectivity index (χ3n) is 8.82. The zero-order chi connectivity index (χ0) is 25.3. The fourth-order valence-electron chi connectivity index (χ4n) is 7.44. The van der Waals surface area contributed by atoms with Crippen LogP contribution in [0, 0.1) is 0 Å². The second-order valence-electron chi connectivity index (χ2n) is 10.6. The van der Waals surface area contributed by atoms with Gasteiger partial charge in [0.2, 0.25) is 11.2 Å². The molecule has 5 heterocycles. The lowest BCUT2D eigenvalue weighted by Crippen LogP contribution is -2.57. The summed E-state index contributed by atoms with van der Waals surface area (Å²) in [6.07, 6.45) is 2.25. The number of hydrogen-bond donors (Lipinski definition) is 0. The minimum absolute atomic E-state index is 0.582. The van der Waals surface area contributed by atoms with Gasteiger partial charge in [0.1, 0.15) is 5.69 Å². The van der Waals surface area contributed by atoms with Crippen LogP contribution >= 0.6 is 0 Å². The fraction of sp³-hybridized carbons (Fsp3) is 0.0286. The zero-order valence-corrected chi connectivity index (χ0v) is 20.9. The van der Waals surface area contributed by atoms with Gasteiger partial charge in [0.15, 0.2) is 28.9 Å². The molecule has 10 rings (SSSR count). The monoisotopic (exact) mass is 499 g/mol. The minimum atomic E-state index is -0.582. The molecule has 0 amide bonds. The van der Waals surface area contributed by atoms with Gasteiger partial charge in [-0.15, -0.1) is 0 Å². The summed E-state index contributed by atoms with van der Waals surface area (Å²) in [6.45, 7) is 0. The van der Waals surface area contributed by atoms with Crippen molar-refractivity contribution in [2.24, 2.45) is 0 Å². The number of fused-ring (bicyclic) bond motifs is 9. The van der Waals surface area contributed by atoms with Crippen molar-refractivity contribution in [2.75, 3.05) is 0 Å². The van der Waals surface area contributed by atoms with Crippen molar-refractivity contribution < 1.29 is 13.9 Å². The molecule has 7 aromatic rings. The van der Waals surface area contributed by atoms with Gasteiger partial charge in [-0.25, -0.2) is 0 Å². The lowest BCUT2D eigenvalue weighted by Gasteiger charge is -2.21. The first-order valence-electron chi connectivity index (χ1n) is 13.4. The van der Waals surface area contributed by atoms with E-state index >= 15 is 0 Å². The zero-order valence-electron chi connectivity index (χ0n) is 20.9. The maximum Gasteiger partial charge on any atom is 0.352 e. The fourth-order valence-corrected chi connectivity index (χ4v) is 7.44. The van der Waals surface area contributed by atoms with E-state index in [1.165, 1.54) is 33.6 Å². The van der Waals surface area contributed by atoms with Gasteiger partial charge in [-0.05, 0) is 47.9 Å². The molecule has 1 atom stereocenters. The Balaban J connectivity index is 1.54. The predicted molar refractivity (Wildman–Crippen MR) is 150 cm³/mol. The van der Waals surface area contributed by atoms with E-state index in [4.69, 9.17) is 4.74 Å². The Morgan fingerprint density at radius 3 is 2.46 bits per heavy atom. The molecule has 2 aromatic heterocycles. The van der Waals surface area contributed by atoms with E-state index in [1.54, 1.807) is 0 Å². The summed E-state index contributed by atoms with van der Waals surface area (Å²) in [5.74, 6) is 3.02. The first-order chi connectivity index (χ1) is 19.4. The van der Waals surface area contributed by atoms with Crippen LogP contribution in [0.2, 0.25) is 0 Å². The van der Waals surface area contributed by atoms with E-state index in [9.17, 15) is 0 Å². The first-order valence-corrected chi connectivity index (χ1v) is 13.4. The average molecular weight is 500 g/mol. The van der Waals surface area contributed by atoms with Gasteiger partial charge in [0.05, 0.1) is 16.7 Å². The number of benzene rings is 5. The molecule has 0 saturated heterocycles. The van der Waals surface area contributed by atoms with E-state index in [1.807, 2.05) is 0 Å². The molecular formula is C35H21N3O+2. The molecular weight excluding hydrogens is 478 g/mol. The van der Waals surface area contributed by atoms with E-state index in [2.05, 4.69) is 141 Å². The largest absolute Gasteiger partial charge is 0.448 e. The SMILES string of the molecule is c1ccc(-n2c3[n+]4c5c(cccc52)Oc2c-4c(cc4ccccc24)C32c3ccccc3-c3cccc[n+]32)cc1. The predicted octanol–water partition coefficient (Wildman–Crippen LogP) is 6.59. The van der Waals surface area contributed by atoms with Crippen LogP contribution in [0.3, 0.4) is 0 Å². The molecule has 0 N–H and O–H groups in total. The number of pyridine rings is 1. The van der Waals surface area contributed by atoms with Gasteiger partial charge in [-0.1, -0.05) is 66.7 Å². The summed E-state index contributed by atoms with van der Waals surface area (Å²) in [5, 5.41) is 2.31. The normalized spacial score (nSPS) is 17.0. The molecule has 4 nitrogen and oxygen atoms in total. The molecule has 0 radical (unpaired) electrons. The Morgan fingerprint density at radius 1 is 0.692 bits per heavy atom. The molecule has 180 valence electrons. The van der Waals surface area contributed by atoms with Crippen LogP contribution in [0.1, 0.15) is 17.0 Å². The van der Waals surface area contributed by atoms with Crippen molar-refractivity contribution in [3.8, 4) is 34.1 Å². The van der Waals surface area contributed by atoms with Crippen LogP contribution < -0.4 is 13.9 Å². The summed E-state index contributed by atoms with van der Waals surface area (Å²) < 4.78 is 14.3. The molecule has 3 aliphatic heterocycles. The van der Waals surface area contributed by atoms with Crippen LogP contribution in [0.15, 0.2) is 128 Å². The molecule has 0 bridgehead atoms. The Hall–Kier alpha value is -5.22. The van der Waals surface area contributed by atoms with Gasteiger partial charge in [0.25, 0.3) is 0 Å². The number of nitrogens with zero attached hydrogens (tertiary/aromatic N) is 3. The van der Waals surface area contributed by atoms with Crippen molar-refractivity contribution >= 4 is 21.8 Å². The van der Waals surface area contributed by atoms with Crippen LogP contribution in [0.25, 0.3) is 44.4 Å². The van der Waals surface area contributed by atoms with E-state index in [-0.39, 0.29) is 0 Å². The Labute approximate surface area is 224 Å². The van der Waals surface area contributed by atoms with Gasteiger partial charge in [0, 0.05) is 17.5 Å². The average Bonchev–Trinajstić information content (AvgIpc) is 3.60. The number of rotatable bonds is 1. The van der Waals surface area contributed by atoms with Gasteiger partial charge < -0.3 is 4.74 Å². The standard InChI is InChI=1S/C35H21N3O/c1-2-12-23(13-3-1)37-29-18-10-19-30-32(29)38-31-27(21-22-11-4-5-14-24(22)33(31)39-30)35(34(37)38)26-16-7-6-15-25(26)28-17-8-9-20-36(28)35/h1-21H/q+2. The van der Waals surface area contributed by atoms with Crippen molar-refractivity contribution in [3.63, 3.8) is 0 Å². The summed E-state index contributed by atoms with van der Waals surface area (Å²) >= 11 is 0. The molecule has 3 aliphatic rings. The highest BCUT2D eigenvalue weighted by Crippen LogP contribution is 2.56. The Kier molecular flexibility index (Phi) is 3.36. The number of imidazole rings is 1. The molecule has 0 aliphatic carbocycles. The lowest BCUT2D eigenvalue weighted by atomic mass is 9.82. The summed E-state index contributed by atoms with van der Waals surface area (Å²) in [7, 11) is 0. The number of hydrogen-bond acceptors (Lipinski definition) is 1. The smallest absolute Gasteiger partial charge is 0.352 e. The molecule has 5 aromatic carbocycles. The number of aromatic nitrogens is 3. The van der Waals surface area contributed by atoms with Gasteiger partial charge in [-0.3, -0.25) is 0 Å². The highest BCUT2D eigenvalue weighted by atomic mass is 16.5. The first kappa shape index (κ1) is 19.8. The van der Waals surface area contributed by atoms with Crippen molar-refractivity contribution in [3.05, 3.63) is 144 Å². The molecule has 39 heavy (non-hydrogen) atoms. The molecule has 0 fully saturated rings. The molecule has 0 saturated carbocycles. The third kappa shape index (κ3) is 2.09. The topological polar surface area (TPSA) is 21.9 Å².